The molecule has 1 heterocycles. The Morgan fingerprint density at radius 1 is 1.50 bits per heavy atom. The van der Waals surface area contributed by atoms with Crippen molar-refractivity contribution in [3.8, 4) is 0 Å². The Morgan fingerprint density at radius 2 is 2.08 bits per heavy atom. The molecule has 62 valence electrons. The molecule has 0 spiro atoms. The fraction of sp³-hybridized carbons (Fsp3) is 0.200. The van der Waals surface area contributed by atoms with Gasteiger partial charge in [0.2, 0.25) is 0 Å². The van der Waals surface area contributed by atoms with E-state index in [0.717, 1.165) is 16.7 Å². The van der Waals surface area contributed by atoms with E-state index < -0.39 is 23.1 Å². The molecular weight excluding hydrogens is 217 g/mol. The van der Waals surface area contributed by atoms with E-state index in [1.807, 2.05) is 0 Å². The van der Waals surface area contributed by atoms with Crippen LogP contribution in [0.3, 0.4) is 0 Å². The topological polar surface area (TPSA) is 40.1 Å². The van der Waals surface area contributed by atoms with Gasteiger partial charge in [0.15, 0.2) is 0 Å². The molecule has 0 saturated heterocycles. The normalized spacial score (nSPS) is 12.7. The van der Waals surface area contributed by atoms with Gasteiger partial charge in [-0.2, -0.15) is 11.3 Å². The standard InChI is InChI=1S/C5H4F2O2S2.Na/c6-5(7)3-1-10-2-4(3)11(8)9;/h1-2,5H,(H,8,9);/q;+1/p-1. The maximum absolute atomic E-state index is 12.0. The summed E-state index contributed by atoms with van der Waals surface area (Å²) in [6.07, 6.45) is -2.71. The van der Waals surface area contributed by atoms with Gasteiger partial charge in [-0.3, -0.25) is 4.21 Å². The predicted octanol–water partition coefficient (Wildman–Crippen LogP) is -1.07. The van der Waals surface area contributed by atoms with Crippen molar-refractivity contribution in [1.82, 2.24) is 0 Å². The summed E-state index contributed by atoms with van der Waals surface area (Å²) in [5, 5.41) is 2.32. The van der Waals surface area contributed by atoms with Gasteiger partial charge in [0.05, 0.1) is 0 Å². The molecule has 0 N–H and O–H groups in total. The Hall–Kier alpha value is 0.670. The van der Waals surface area contributed by atoms with Gasteiger partial charge >= 0.3 is 29.6 Å². The number of hydrogen-bond acceptors (Lipinski definition) is 3. The van der Waals surface area contributed by atoms with Gasteiger partial charge in [-0.25, -0.2) is 8.78 Å². The fourth-order valence-corrected chi connectivity index (χ4v) is 2.19. The van der Waals surface area contributed by atoms with Crippen molar-refractivity contribution in [2.75, 3.05) is 0 Å². The number of hydrogen-bond donors (Lipinski definition) is 0. The minimum Gasteiger partial charge on any atom is -0.768 e. The van der Waals surface area contributed by atoms with Crippen LogP contribution in [0.5, 0.6) is 0 Å². The summed E-state index contributed by atoms with van der Waals surface area (Å²) in [5.41, 5.74) is -0.414. The van der Waals surface area contributed by atoms with Crippen LogP contribution < -0.4 is 29.6 Å². The summed E-state index contributed by atoms with van der Waals surface area (Å²) in [7, 11) is 0. The van der Waals surface area contributed by atoms with Crippen molar-refractivity contribution in [2.24, 2.45) is 0 Å². The van der Waals surface area contributed by atoms with Gasteiger partial charge in [-0.1, -0.05) is 0 Å². The summed E-state index contributed by atoms with van der Waals surface area (Å²) in [5.74, 6) is 0. The molecule has 12 heavy (non-hydrogen) atoms. The van der Waals surface area contributed by atoms with Gasteiger partial charge in [0.25, 0.3) is 6.43 Å². The SMILES string of the molecule is O=S([O-])c1cscc1C(F)F.[Na+]. The first-order valence-electron chi connectivity index (χ1n) is 2.56. The van der Waals surface area contributed by atoms with Crippen LogP contribution in [0.4, 0.5) is 8.78 Å². The van der Waals surface area contributed by atoms with Crippen LogP contribution in [0, 0.1) is 0 Å². The van der Waals surface area contributed by atoms with Crippen LogP contribution in [0.15, 0.2) is 15.7 Å². The Balaban J connectivity index is 0.00000121. The van der Waals surface area contributed by atoms with Crippen molar-refractivity contribution in [1.29, 1.82) is 0 Å². The minimum absolute atomic E-state index is 0. The summed E-state index contributed by atoms with van der Waals surface area (Å²) in [6.45, 7) is 0. The van der Waals surface area contributed by atoms with E-state index in [1.165, 1.54) is 5.38 Å². The second kappa shape index (κ2) is 5.41. The molecule has 0 saturated carbocycles. The van der Waals surface area contributed by atoms with Crippen LogP contribution in [0.1, 0.15) is 12.0 Å². The molecule has 0 aliphatic rings. The minimum atomic E-state index is -2.71. The first-order chi connectivity index (χ1) is 5.13. The van der Waals surface area contributed by atoms with Crippen LogP contribution in [-0.4, -0.2) is 8.76 Å². The Bertz CT molecular complexity index is 276. The van der Waals surface area contributed by atoms with Crippen LogP contribution in [0.25, 0.3) is 0 Å². The van der Waals surface area contributed by atoms with E-state index in [4.69, 9.17) is 0 Å². The van der Waals surface area contributed by atoms with Crippen molar-refractivity contribution in [2.45, 2.75) is 11.3 Å². The fourth-order valence-electron chi connectivity index (χ4n) is 0.590. The van der Waals surface area contributed by atoms with Crippen LogP contribution in [0.2, 0.25) is 0 Å². The monoisotopic (exact) mass is 220 g/mol. The van der Waals surface area contributed by atoms with E-state index in [2.05, 4.69) is 0 Å². The molecule has 0 amide bonds. The Kier molecular flexibility index (Phi) is 5.71. The molecular formula is C5H3F2NaO2S2. The van der Waals surface area contributed by atoms with E-state index in [9.17, 15) is 17.5 Å². The average Bonchev–Trinajstić information content (AvgIpc) is 2.32. The van der Waals surface area contributed by atoms with Gasteiger partial charge in [-0.05, 0) is 11.1 Å². The predicted molar refractivity (Wildman–Crippen MR) is 36.5 cm³/mol. The Labute approximate surface area is 96.6 Å². The van der Waals surface area contributed by atoms with Gasteiger partial charge in [0.1, 0.15) is 0 Å². The molecule has 0 aliphatic carbocycles. The first kappa shape index (κ1) is 12.7. The zero-order valence-corrected chi connectivity index (χ0v) is 9.75. The summed E-state index contributed by atoms with van der Waals surface area (Å²) >= 11 is -1.60. The Morgan fingerprint density at radius 3 is 2.42 bits per heavy atom. The maximum Gasteiger partial charge on any atom is 1.00 e. The van der Waals surface area contributed by atoms with Crippen molar-refractivity contribution in [3.05, 3.63) is 16.3 Å². The summed E-state index contributed by atoms with van der Waals surface area (Å²) in [6, 6.07) is 0. The molecule has 2 nitrogen and oxygen atoms in total. The molecule has 1 atom stereocenters. The maximum atomic E-state index is 12.0. The molecule has 0 radical (unpaired) electrons. The van der Waals surface area contributed by atoms with Gasteiger partial charge < -0.3 is 4.55 Å². The number of thiophene rings is 1. The molecule has 1 aromatic rings. The molecule has 0 fully saturated rings. The quantitative estimate of drug-likeness (QED) is 0.470. The largest absolute Gasteiger partial charge is 1.00 e. The van der Waals surface area contributed by atoms with E-state index in [-0.39, 0.29) is 34.5 Å². The molecule has 1 rings (SSSR count). The second-order valence-corrected chi connectivity index (χ2v) is 3.38. The zero-order valence-electron chi connectivity index (χ0n) is 6.12. The smallest absolute Gasteiger partial charge is 0.768 e. The van der Waals surface area contributed by atoms with Crippen molar-refractivity contribution < 1.29 is 47.1 Å². The molecule has 0 aromatic carbocycles. The van der Waals surface area contributed by atoms with Gasteiger partial charge in [-0.15, -0.1) is 0 Å². The first-order valence-corrected chi connectivity index (χ1v) is 4.58. The zero-order chi connectivity index (χ0) is 8.43. The van der Waals surface area contributed by atoms with E-state index in [0.29, 0.717) is 0 Å². The molecule has 1 unspecified atom stereocenters. The third kappa shape index (κ3) is 2.86. The molecule has 0 bridgehead atoms. The summed E-state index contributed by atoms with van der Waals surface area (Å²) in [4.78, 5) is -0.301. The van der Waals surface area contributed by atoms with Crippen LogP contribution in [-0.2, 0) is 11.1 Å². The molecule has 7 heteroatoms. The average molecular weight is 220 g/mol. The number of rotatable bonds is 2. The van der Waals surface area contributed by atoms with Crippen molar-refractivity contribution >= 4 is 22.4 Å². The van der Waals surface area contributed by atoms with E-state index in [1.54, 1.807) is 0 Å². The van der Waals surface area contributed by atoms with E-state index >= 15 is 0 Å². The van der Waals surface area contributed by atoms with Crippen molar-refractivity contribution in [3.63, 3.8) is 0 Å². The second-order valence-electron chi connectivity index (χ2n) is 1.73. The van der Waals surface area contributed by atoms with Gasteiger partial charge in [0, 0.05) is 21.2 Å². The van der Waals surface area contributed by atoms with Crippen LogP contribution >= 0.6 is 11.3 Å². The number of halogens is 2. The molecule has 0 aliphatic heterocycles. The molecule has 1 aromatic heterocycles. The third-order valence-electron chi connectivity index (χ3n) is 1.07. The number of alkyl halides is 2. The third-order valence-corrected chi connectivity index (χ3v) is 2.69. The summed E-state index contributed by atoms with van der Waals surface area (Å²) < 4.78 is 44.4.